The van der Waals surface area contributed by atoms with Crippen molar-refractivity contribution in [1.29, 1.82) is 0 Å². The molecule has 0 aromatic heterocycles. The molecule has 0 amide bonds. The summed E-state index contributed by atoms with van der Waals surface area (Å²) in [4.78, 5) is 0. The second-order valence-corrected chi connectivity index (χ2v) is 5.89. The Labute approximate surface area is 70.0 Å². The minimum Gasteiger partial charge on any atom is -0.377 e. The third-order valence-corrected chi connectivity index (χ3v) is 4.77. The Morgan fingerprint density at radius 2 is 1.36 bits per heavy atom. The van der Waals surface area contributed by atoms with Gasteiger partial charge in [-0.2, -0.15) is 0 Å². The maximum Gasteiger partial charge on any atom is 0.500 e. The molecule has 0 rings (SSSR count). The predicted molar refractivity (Wildman–Crippen MR) is 46.4 cm³/mol. The molecule has 11 heavy (non-hydrogen) atoms. The first-order valence-electron chi connectivity index (χ1n) is 3.75. The van der Waals surface area contributed by atoms with Crippen LogP contribution in [-0.4, -0.2) is 30.1 Å². The highest BCUT2D eigenvalue weighted by Gasteiger charge is 2.38. The lowest BCUT2D eigenvalue weighted by Crippen LogP contribution is -2.43. The zero-order valence-corrected chi connectivity index (χ0v) is 9.01. The van der Waals surface area contributed by atoms with Crippen LogP contribution in [0.4, 0.5) is 0 Å². The van der Waals surface area contributed by atoms with Gasteiger partial charge in [0.25, 0.3) is 0 Å². The Kier molecular flexibility index (Phi) is 4.91. The number of hydrogen-bond donors (Lipinski definition) is 0. The van der Waals surface area contributed by atoms with E-state index in [2.05, 4.69) is 13.8 Å². The highest BCUT2D eigenvalue weighted by molar-refractivity contribution is 6.60. The quantitative estimate of drug-likeness (QED) is 0.597. The monoisotopic (exact) mass is 178 g/mol. The van der Waals surface area contributed by atoms with Crippen LogP contribution in [0.3, 0.4) is 0 Å². The van der Waals surface area contributed by atoms with Crippen LogP contribution < -0.4 is 0 Å². The van der Waals surface area contributed by atoms with E-state index in [1.54, 1.807) is 21.3 Å². The lowest BCUT2D eigenvalue weighted by atomic mass is 10.3. The van der Waals surface area contributed by atoms with Gasteiger partial charge in [-0.1, -0.05) is 13.8 Å². The highest BCUT2D eigenvalue weighted by Crippen LogP contribution is 2.18. The molecule has 0 spiro atoms. The molecule has 3 nitrogen and oxygen atoms in total. The molecule has 0 bridgehead atoms. The van der Waals surface area contributed by atoms with Crippen LogP contribution in [0.2, 0.25) is 6.04 Å². The summed E-state index contributed by atoms with van der Waals surface area (Å²) in [5, 5.41) is 0. The van der Waals surface area contributed by atoms with Crippen molar-refractivity contribution in [2.75, 3.05) is 21.3 Å². The zero-order valence-electron chi connectivity index (χ0n) is 8.01. The average molecular weight is 178 g/mol. The Morgan fingerprint density at radius 3 is 1.45 bits per heavy atom. The van der Waals surface area contributed by atoms with Crippen LogP contribution in [-0.2, 0) is 13.3 Å². The van der Waals surface area contributed by atoms with Crippen LogP contribution in [0.5, 0.6) is 0 Å². The van der Waals surface area contributed by atoms with Crippen molar-refractivity contribution in [2.24, 2.45) is 5.92 Å². The fourth-order valence-corrected chi connectivity index (χ4v) is 3.00. The molecule has 0 aromatic carbocycles. The fourth-order valence-electron chi connectivity index (χ4n) is 1.00. The summed E-state index contributed by atoms with van der Waals surface area (Å²) in [5.41, 5.74) is 0. The van der Waals surface area contributed by atoms with E-state index < -0.39 is 8.80 Å². The van der Waals surface area contributed by atoms with Gasteiger partial charge in [-0.25, -0.2) is 0 Å². The molecule has 0 unspecified atom stereocenters. The van der Waals surface area contributed by atoms with Crippen molar-refractivity contribution in [1.82, 2.24) is 0 Å². The topological polar surface area (TPSA) is 27.7 Å². The second-order valence-electron chi connectivity index (χ2n) is 2.89. The highest BCUT2D eigenvalue weighted by atomic mass is 28.4. The van der Waals surface area contributed by atoms with Crippen molar-refractivity contribution in [3.63, 3.8) is 0 Å². The summed E-state index contributed by atoms with van der Waals surface area (Å²) in [6.07, 6.45) is 0. The standard InChI is InChI=1S/C7H18O3Si/c1-7(2)6-11(8-3,9-4)10-5/h7H,6H2,1-5H3. The Balaban J connectivity index is 4.05. The van der Waals surface area contributed by atoms with E-state index in [1.807, 2.05) is 0 Å². The van der Waals surface area contributed by atoms with E-state index in [0.29, 0.717) is 5.92 Å². The second kappa shape index (κ2) is 4.87. The van der Waals surface area contributed by atoms with E-state index >= 15 is 0 Å². The van der Waals surface area contributed by atoms with Crippen molar-refractivity contribution in [3.05, 3.63) is 0 Å². The maximum absolute atomic E-state index is 5.24. The lowest BCUT2D eigenvalue weighted by Gasteiger charge is -2.25. The third kappa shape index (κ3) is 3.33. The van der Waals surface area contributed by atoms with Crippen LogP contribution >= 0.6 is 0 Å². The Bertz CT molecular complexity index is 93.6. The van der Waals surface area contributed by atoms with Crippen molar-refractivity contribution in [3.8, 4) is 0 Å². The van der Waals surface area contributed by atoms with Gasteiger partial charge >= 0.3 is 8.80 Å². The third-order valence-electron chi connectivity index (χ3n) is 1.59. The van der Waals surface area contributed by atoms with Crippen molar-refractivity contribution < 1.29 is 13.3 Å². The summed E-state index contributed by atoms with van der Waals surface area (Å²) in [5.74, 6) is 0.543. The van der Waals surface area contributed by atoms with E-state index in [4.69, 9.17) is 13.3 Å². The van der Waals surface area contributed by atoms with Gasteiger partial charge in [0.2, 0.25) is 0 Å². The summed E-state index contributed by atoms with van der Waals surface area (Å²) in [6, 6.07) is 0.872. The normalized spacial score (nSPS) is 12.5. The lowest BCUT2D eigenvalue weighted by molar-refractivity contribution is 0.119. The summed E-state index contributed by atoms with van der Waals surface area (Å²) < 4.78 is 15.7. The van der Waals surface area contributed by atoms with Gasteiger partial charge in [-0.3, -0.25) is 0 Å². The van der Waals surface area contributed by atoms with Gasteiger partial charge < -0.3 is 13.3 Å². The minimum absolute atomic E-state index is 0.543. The summed E-state index contributed by atoms with van der Waals surface area (Å²) in [6.45, 7) is 4.25. The molecule has 4 heteroatoms. The number of hydrogen-bond acceptors (Lipinski definition) is 3. The van der Waals surface area contributed by atoms with Crippen molar-refractivity contribution in [2.45, 2.75) is 19.9 Å². The van der Waals surface area contributed by atoms with Crippen LogP contribution in [0.15, 0.2) is 0 Å². The first kappa shape index (κ1) is 11.1. The fraction of sp³-hybridized carbons (Fsp3) is 1.00. The first-order valence-corrected chi connectivity index (χ1v) is 5.69. The molecule has 0 aliphatic carbocycles. The molecule has 0 atom stereocenters. The van der Waals surface area contributed by atoms with E-state index in [-0.39, 0.29) is 0 Å². The Morgan fingerprint density at radius 1 is 1.00 bits per heavy atom. The van der Waals surface area contributed by atoms with Crippen LogP contribution in [0, 0.1) is 5.92 Å². The van der Waals surface area contributed by atoms with Crippen molar-refractivity contribution >= 4 is 8.80 Å². The molecule has 0 saturated heterocycles. The number of rotatable bonds is 5. The SMILES string of the molecule is CO[Si](CC(C)C)(OC)OC. The summed E-state index contributed by atoms with van der Waals surface area (Å²) in [7, 11) is 2.64. The van der Waals surface area contributed by atoms with Crippen LogP contribution in [0.25, 0.3) is 0 Å². The Hall–Kier alpha value is 0.0969. The largest absolute Gasteiger partial charge is 0.500 e. The molecule has 0 N–H and O–H groups in total. The van der Waals surface area contributed by atoms with Gasteiger partial charge in [0.15, 0.2) is 0 Å². The van der Waals surface area contributed by atoms with E-state index in [9.17, 15) is 0 Å². The minimum atomic E-state index is -2.28. The van der Waals surface area contributed by atoms with Gasteiger partial charge in [0.05, 0.1) is 0 Å². The van der Waals surface area contributed by atoms with Crippen LogP contribution in [0.1, 0.15) is 13.8 Å². The maximum atomic E-state index is 5.24. The van der Waals surface area contributed by atoms with Gasteiger partial charge in [-0.15, -0.1) is 0 Å². The zero-order chi connectivity index (χ0) is 8.91. The molecule has 0 radical (unpaired) electrons. The molecular weight excluding hydrogens is 160 g/mol. The molecule has 0 saturated carbocycles. The molecule has 0 aliphatic heterocycles. The summed E-state index contributed by atoms with van der Waals surface area (Å²) >= 11 is 0. The molecule has 0 fully saturated rings. The smallest absolute Gasteiger partial charge is 0.377 e. The first-order chi connectivity index (χ1) is 5.10. The predicted octanol–water partition coefficient (Wildman–Crippen LogP) is 1.52. The average Bonchev–Trinajstić information content (AvgIpc) is 2.00. The molecule has 0 heterocycles. The van der Waals surface area contributed by atoms with Gasteiger partial charge in [0.1, 0.15) is 0 Å². The molecular formula is C7H18O3Si. The van der Waals surface area contributed by atoms with E-state index in [0.717, 1.165) is 6.04 Å². The van der Waals surface area contributed by atoms with E-state index in [1.165, 1.54) is 0 Å². The molecule has 0 aliphatic rings. The molecule has 68 valence electrons. The van der Waals surface area contributed by atoms with Gasteiger partial charge in [0, 0.05) is 27.4 Å². The molecule has 0 aromatic rings. The van der Waals surface area contributed by atoms with Gasteiger partial charge in [-0.05, 0) is 5.92 Å².